The maximum atomic E-state index is 13.6. The van der Waals surface area contributed by atoms with Gasteiger partial charge in [-0.2, -0.15) is 17.9 Å². The number of halogens is 4. The summed E-state index contributed by atoms with van der Waals surface area (Å²) in [4.78, 5) is 19.9. The molecule has 156 valence electrons. The van der Waals surface area contributed by atoms with Crippen molar-refractivity contribution in [2.24, 2.45) is 0 Å². The number of carbonyl (C=O) groups excluding carboxylic acids is 1. The highest BCUT2D eigenvalue weighted by molar-refractivity contribution is 6.34. The van der Waals surface area contributed by atoms with Crippen LogP contribution in [0.5, 0.6) is 0 Å². The van der Waals surface area contributed by atoms with Crippen molar-refractivity contribution in [1.29, 1.82) is 0 Å². The average molecular weight is 435 g/mol. The topological polar surface area (TPSA) is 51.0 Å². The summed E-state index contributed by atoms with van der Waals surface area (Å²) in [5.74, 6) is -0.353. The van der Waals surface area contributed by atoms with Crippen LogP contribution in [0.3, 0.4) is 0 Å². The Labute approximate surface area is 175 Å². The number of hydrogen-bond donors (Lipinski definition) is 0. The number of pyridine rings is 1. The Kier molecular flexibility index (Phi) is 4.50. The minimum Gasteiger partial charge on any atom is -0.347 e. The molecule has 0 saturated carbocycles. The first kappa shape index (κ1) is 19.4. The highest BCUT2D eigenvalue weighted by Crippen LogP contribution is 2.41. The van der Waals surface area contributed by atoms with Gasteiger partial charge in [0.25, 0.3) is 5.91 Å². The van der Waals surface area contributed by atoms with E-state index in [1.807, 2.05) is 0 Å². The van der Waals surface area contributed by atoms with Crippen LogP contribution >= 0.6 is 11.6 Å². The van der Waals surface area contributed by atoms with E-state index in [9.17, 15) is 18.0 Å². The third-order valence-electron chi connectivity index (χ3n) is 6.09. The molecule has 2 aliphatic heterocycles. The van der Waals surface area contributed by atoms with Crippen molar-refractivity contribution < 1.29 is 18.0 Å². The second-order valence-electron chi connectivity index (χ2n) is 7.80. The van der Waals surface area contributed by atoms with Crippen molar-refractivity contribution in [1.82, 2.24) is 14.8 Å². The average Bonchev–Trinajstić information content (AvgIpc) is 3.20. The SMILES string of the molecule is O=C(c1c(Cl)cccc1C(F)(F)F)n1nc(N2C3CCCC2CC3)c2ncccc21. The molecule has 2 bridgehead atoms. The van der Waals surface area contributed by atoms with Gasteiger partial charge in [0.15, 0.2) is 5.82 Å². The number of anilines is 1. The summed E-state index contributed by atoms with van der Waals surface area (Å²) >= 11 is 6.06. The quantitative estimate of drug-likeness (QED) is 0.548. The van der Waals surface area contributed by atoms with Gasteiger partial charge in [0, 0.05) is 18.3 Å². The monoisotopic (exact) mass is 434 g/mol. The number of benzene rings is 1. The van der Waals surface area contributed by atoms with E-state index >= 15 is 0 Å². The zero-order valence-electron chi connectivity index (χ0n) is 15.9. The van der Waals surface area contributed by atoms with Crippen molar-refractivity contribution in [3.8, 4) is 0 Å². The molecular formula is C21H18ClF3N4O. The molecule has 0 radical (unpaired) electrons. The third kappa shape index (κ3) is 2.96. The van der Waals surface area contributed by atoms with Gasteiger partial charge in [0.2, 0.25) is 0 Å². The van der Waals surface area contributed by atoms with E-state index in [1.54, 1.807) is 18.3 Å². The number of piperidine rings is 1. The molecule has 2 aliphatic rings. The number of fused-ring (bicyclic) bond motifs is 3. The van der Waals surface area contributed by atoms with E-state index in [1.165, 1.54) is 12.1 Å². The van der Waals surface area contributed by atoms with Crippen LogP contribution in [0.25, 0.3) is 11.0 Å². The van der Waals surface area contributed by atoms with Crippen molar-refractivity contribution in [2.45, 2.75) is 50.4 Å². The summed E-state index contributed by atoms with van der Waals surface area (Å²) in [6.07, 6.45) is 2.19. The molecule has 30 heavy (non-hydrogen) atoms. The van der Waals surface area contributed by atoms with Crippen molar-refractivity contribution in [2.75, 3.05) is 4.90 Å². The van der Waals surface area contributed by atoms with E-state index in [2.05, 4.69) is 15.0 Å². The van der Waals surface area contributed by atoms with Gasteiger partial charge in [-0.05, 0) is 56.4 Å². The maximum Gasteiger partial charge on any atom is 0.417 e. The van der Waals surface area contributed by atoms with Crippen LogP contribution in [0.4, 0.5) is 19.0 Å². The van der Waals surface area contributed by atoms with Gasteiger partial charge in [-0.3, -0.25) is 9.78 Å². The fourth-order valence-electron chi connectivity index (χ4n) is 4.81. The zero-order chi connectivity index (χ0) is 21.0. The molecule has 0 aliphatic carbocycles. The maximum absolute atomic E-state index is 13.6. The van der Waals surface area contributed by atoms with E-state index in [4.69, 9.17) is 11.6 Å². The molecule has 2 atom stereocenters. The minimum atomic E-state index is -4.72. The molecule has 3 aromatic rings. The van der Waals surface area contributed by atoms with Gasteiger partial charge >= 0.3 is 6.18 Å². The van der Waals surface area contributed by atoms with Crippen LogP contribution in [0.2, 0.25) is 5.02 Å². The Balaban J connectivity index is 1.68. The lowest BCUT2D eigenvalue weighted by molar-refractivity contribution is -0.137. The Morgan fingerprint density at radius 2 is 1.80 bits per heavy atom. The lowest BCUT2D eigenvalue weighted by Crippen LogP contribution is -2.40. The first-order valence-electron chi connectivity index (χ1n) is 9.89. The molecule has 9 heteroatoms. The predicted octanol–water partition coefficient (Wildman–Crippen LogP) is 5.31. The molecule has 4 heterocycles. The highest BCUT2D eigenvalue weighted by Gasteiger charge is 2.41. The van der Waals surface area contributed by atoms with Gasteiger partial charge in [0.05, 0.1) is 21.7 Å². The lowest BCUT2D eigenvalue weighted by atomic mass is 10.0. The number of alkyl halides is 3. The van der Waals surface area contributed by atoms with Crippen LogP contribution in [0.1, 0.15) is 48.0 Å². The molecule has 2 saturated heterocycles. The Morgan fingerprint density at radius 1 is 1.07 bits per heavy atom. The summed E-state index contributed by atoms with van der Waals surface area (Å²) in [6, 6.07) is 7.24. The summed E-state index contributed by atoms with van der Waals surface area (Å²) < 4.78 is 41.7. The van der Waals surface area contributed by atoms with Gasteiger partial charge in [-0.1, -0.05) is 17.7 Å². The molecule has 0 amide bonds. The number of aromatic nitrogens is 3. The minimum absolute atomic E-state index is 0.262. The van der Waals surface area contributed by atoms with Crippen LogP contribution < -0.4 is 4.90 Å². The van der Waals surface area contributed by atoms with Gasteiger partial charge < -0.3 is 4.90 Å². The second kappa shape index (κ2) is 6.97. The zero-order valence-corrected chi connectivity index (χ0v) is 16.6. The Bertz CT molecular complexity index is 1130. The first-order chi connectivity index (χ1) is 14.4. The molecule has 0 N–H and O–H groups in total. The summed E-state index contributed by atoms with van der Waals surface area (Å²) in [7, 11) is 0. The van der Waals surface area contributed by atoms with Crippen molar-refractivity contribution in [3.05, 3.63) is 52.7 Å². The van der Waals surface area contributed by atoms with Crippen LogP contribution in [-0.2, 0) is 6.18 Å². The molecule has 5 rings (SSSR count). The Morgan fingerprint density at radius 3 is 2.50 bits per heavy atom. The highest BCUT2D eigenvalue weighted by atomic mass is 35.5. The molecule has 2 fully saturated rings. The molecule has 2 aromatic heterocycles. The lowest BCUT2D eigenvalue weighted by Gasteiger charge is -2.34. The number of rotatable bonds is 2. The Hall–Kier alpha value is -2.61. The number of hydrogen-bond acceptors (Lipinski definition) is 4. The van der Waals surface area contributed by atoms with Crippen molar-refractivity contribution >= 4 is 34.4 Å². The number of carbonyl (C=O) groups is 1. The number of nitrogens with zero attached hydrogens (tertiary/aromatic N) is 4. The fourth-order valence-corrected chi connectivity index (χ4v) is 5.07. The van der Waals surface area contributed by atoms with Crippen LogP contribution in [-0.4, -0.2) is 32.8 Å². The molecule has 0 spiro atoms. The van der Waals surface area contributed by atoms with E-state index < -0.39 is 23.2 Å². The van der Waals surface area contributed by atoms with Crippen LogP contribution in [0, 0.1) is 0 Å². The fraction of sp³-hybridized carbons (Fsp3) is 0.381. The second-order valence-corrected chi connectivity index (χ2v) is 8.20. The van der Waals surface area contributed by atoms with Crippen LogP contribution in [0.15, 0.2) is 36.5 Å². The normalized spacial score (nSPS) is 21.4. The largest absolute Gasteiger partial charge is 0.417 e. The standard InChI is InChI=1S/C21H18ClF3N4O/c22-15-7-2-6-14(21(23,24)25)17(15)20(30)29-16-8-3-11-26-18(16)19(27-29)28-12-4-1-5-13(28)10-9-12/h2-3,6-8,11-13H,1,4-5,9-10H2. The summed E-state index contributed by atoms with van der Waals surface area (Å²) in [5.41, 5.74) is -0.791. The van der Waals surface area contributed by atoms with Crippen molar-refractivity contribution in [3.63, 3.8) is 0 Å². The molecule has 1 aromatic carbocycles. The van der Waals surface area contributed by atoms with E-state index in [0.717, 1.165) is 42.9 Å². The van der Waals surface area contributed by atoms with Gasteiger partial charge in [-0.15, -0.1) is 5.10 Å². The third-order valence-corrected chi connectivity index (χ3v) is 6.40. The molecule has 5 nitrogen and oxygen atoms in total. The van der Waals surface area contributed by atoms with E-state index in [-0.39, 0.29) is 5.02 Å². The van der Waals surface area contributed by atoms with Gasteiger partial charge in [-0.25, -0.2) is 0 Å². The first-order valence-corrected chi connectivity index (χ1v) is 10.3. The molecule has 2 unspecified atom stereocenters. The van der Waals surface area contributed by atoms with Gasteiger partial charge in [0.1, 0.15) is 5.52 Å². The predicted molar refractivity (Wildman–Crippen MR) is 107 cm³/mol. The molecular weight excluding hydrogens is 417 g/mol. The van der Waals surface area contributed by atoms with E-state index in [0.29, 0.717) is 28.9 Å². The smallest absolute Gasteiger partial charge is 0.347 e. The summed E-state index contributed by atoms with van der Waals surface area (Å²) in [5, 5.41) is 4.24. The summed E-state index contributed by atoms with van der Waals surface area (Å²) in [6.45, 7) is 0.